The Bertz CT molecular complexity index is 657. The fourth-order valence-electron chi connectivity index (χ4n) is 2.00. The van der Waals surface area contributed by atoms with Crippen molar-refractivity contribution in [3.05, 3.63) is 22.6 Å². The van der Waals surface area contributed by atoms with Gasteiger partial charge >= 0.3 is 0 Å². The van der Waals surface area contributed by atoms with Crippen LogP contribution in [0.5, 0.6) is 11.5 Å². The molecule has 19 heavy (non-hydrogen) atoms. The third-order valence-electron chi connectivity index (χ3n) is 2.98. The summed E-state index contributed by atoms with van der Waals surface area (Å²) in [6.45, 7) is 0.840. The number of aryl methyl sites for hydroxylation is 1. The lowest BCUT2D eigenvalue weighted by Crippen LogP contribution is -2.16. The summed E-state index contributed by atoms with van der Waals surface area (Å²) in [5, 5.41) is 4.02. The van der Waals surface area contributed by atoms with Gasteiger partial charge in [0.1, 0.15) is 24.8 Å². The van der Waals surface area contributed by atoms with Crippen molar-refractivity contribution in [1.29, 1.82) is 0 Å². The molecule has 1 aliphatic heterocycles. The molecule has 1 aromatic heterocycles. The van der Waals surface area contributed by atoms with Crippen molar-refractivity contribution in [1.82, 2.24) is 9.78 Å². The van der Waals surface area contributed by atoms with Crippen LogP contribution < -0.4 is 15.2 Å². The molecule has 0 amide bonds. The first-order chi connectivity index (χ1) is 9.09. The van der Waals surface area contributed by atoms with Crippen LogP contribution in [0.15, 0.2) is 16.7 Å². The van der Waals surface area contributed by atoms with E-state index in [2.05, 4.69) is 21.0 Å². The lowest BCUT2D eigenvalue weighted by Gasteiger charge is -2.21. The van der Waals surface area contributed by atoms with E-state index in [1.54, 1.807) is 7.05 Å². The summed E-state index contributed by atoms with van der Waals surface area (Å²) < 4.78 is 27.1. The number of nitrogens with zero attached hydrogens (tertiary/aromatic N) is 2. The monoisotopic (exact) mass is 327 g/mol. The molecule has 0 radical (unpaired) electrons. The highest BCUT2D eigenvalue weighted by molar-refractivity contribution is 9.10. The van der Waals surface area contributed by atoms with E-state index in [9.17, 15) is 4.39 Å². The van der Waals surface area contributed by atoms with Crippen LogP contribution in [0.2, 0.25) is 0 Å². The third kappa shape index (κ3) is 1.85. The van der Waals surface area contributed by atoms with E-state index in [1.165, 1.54) is 16.9 Å². The first kappa shape index (κ1) is 12.3. The predicted octanol–water partition coefficient (Wildman–Crippen LogP) is 2.34. The van der Waals surface area contributed by atoms with E-state index in [0.717, 1.165) is 0 Å². The topological polar surface area (TPSA) is 62.3 Å². The zero-order valence-corrected chi connectivity index (χ0v) is 11.7. The third-order valence-corrected chi connectivity index (χ3v) is 3.74. The molecule has 2 heterocycles. The second kappa shape index (κ2) is 4.41. The van der Waals surface area contributed by atoms with E-state index in [4.69, 9.17) is 15.2 Å². The number of hydrogen-bond acceptors (Lipinski definition) is 4. The zero-order valence-electron chi connectivity index (χ0n) is 10.1. The predicted molar refractivity (Wildman–Crippen MR) is 71.7 cm³/mol. The van der Waals surface area contributed by atoms with Crippen LogP contribution in [0.3, 0.4) is 0 Å². The maximum Gasteiger partial charge on any atom is 0.176 e. The SMILES string of the molecule is Cn1ncc(-c2c(F)cc3c(c2Br)OCCO3)c1N. The summed E-state index contributed by atoms with van der Waals surface area (Å²) in [6.07, 6.45) is 1.52. The first-order valence-electron chi connectivity index (χ1n) is 5.65. The number of ether oxygens (including phenoxy) is 2. The van der Waals surface area contributed by atoms with E-state index in [-0.39, 0.29) is 0 Å². The average molecular weight is 328 g/mol. The molecule has 0 unspecified atom stereocenters. The Kier molecular flexibility index (Phi) is 2.85. The highest BCUT2D eigenvalue weighted by atomic mass is 79.9. The smallest absolute Gasteiger partial charge is 0.176 e. The number of anilines is 1. The van der Waals surface area contributed by atoms with Gasteiger partial charge in [-0.1, -0.05) is 0 Å². The molecule has 0 aliphatic carbocycles. The molecule has 100 valence electrons. The minimum atomic E-state index is -0.434. The van der Waals surface area contributed by atoms with Crippen LogP contribution in [0.25, 0.3) is 11.1 Å². The van der Waals surface area contributed by atoms with Crippen LogP contribution in [-0.4, -0.2) is 23.0 Å². The van der Waals surface area contributed by atoms with Crippen LogP contribution in [-0.2, 0) is 7.05 Å². The van der Waals surface area contributed by atoms with Gasteiger partial charge in [-0.05, 0) is 15.9 Å². The molecule has 0 spiro atoms. The molecular weight excluding hydrogens is 317 g/mol. The van der Waals surface area contributed by atoms with Gasteiger partial charge in [-0.3, -0.25) is 4.68 Å². The van der Waals surface area contributed by atoms with Crippen molar-refractivity contribution in [3.63, 3.8) is 0 Å². The molecular formula is C12H11BrFN3O2. The Morgan fingerprint density at radius 1 is 1.42 bits per heavy atom. The van der Waals surface area contributed by atoms with Crippen LogP contribution in [0, 0.1) is 5.82 Å². The number of fused-ring (bicyclic) bond motifs is 1. The molecule has 1 aliphatic rings. The second-order valence-electron chi connectivity index (χ2n) is 4.14. The maximum absolute atomic E-state index is 14.3. The van der Waals surface area contributed by atoms with Crippen molar-refractivity contribution < 1.29 is 13.9 Å². The van der Waals surface area contributed by atoms with Crippen molar-refractivity contribution in [2.45, 2.75) is 0 Å². The van der Waals surface area contributed by atoms with Gasteiger partial charge in [-0.2, -0.15) is 5.10 Å². The highest BCUT2D eigenvalue weighted by Crippen LogP contribution is 2.46. The number of aromatic nitrogens is 2. The van der Waals surface area contributed by atoms with E-state index in [0.29, 0.717) is 46.1 Å². The minimum absolute atomic E-state index is 0.329. The van der Waals surface area contributed by atoms with Gasteiger partial charge in [0, 0.05) is 24.2 Å². The largest absolute Gasteiger partial charge is 0.486 e. The van der Waals surface area contributed by atoms with Crippen molar-refractivity contribution in [3.8, 4) is 22.6 Å². The summed E-state index contributed by atoms with van der Waals surface area (Å²) in [7, 11) is 1.70. The number of nitrogen functional groups attached to an aromatic ring is 1. The number of nitrogens with two attached hydrogens (primary N) is 1. The Balaban J connectivity index is 2.24. The fourth-order valence-corrected chi connectivity index (χ4v) is 2.72. The normalized spacial score (nSPS) is 13.6. The van der Waals surface area contributed by atoms with Gasteiger partial charge in [-0.15, -0.1) is 0 Å². The van der Waals surface area contributed by atoms with Crippen LogP contribution >= 0.6 is 15.9 Å². The Hall–Kier alpha value is -1.76. The van der Waals surface area contributed by atoms with Crippen molar-refractivity contribution >= 4 is 21.7 Å². The molecule has 0 bridgehead atoms. The number of halogens is 2. The summed E-state index contributed by atoms with van der Waals surface area (Å²) >= 11 is 3.36. The standard InChI is InChI=1S/C12H11BrFN3O2/c1-17-12(15)6(5-16-17)9-7(14)4-8-11(10(9)13)19-3-2-18-8/h4-5H,2-3,15H2,1H3. The van der Waals surface area contributed by atoms with Gasteiger partial charge in [0.2, 0.25) is 0 Å². The summed E-state index contributed by atoms with van der Waals surface area (Å²) in [4.78, 5) is 0. The quantitative estimate of drug-likeness (QED) is 0.873. The molecule has 7 heteroatoms. The van der Waals surface area contributed by atoms with Gasteiger partial charge in [0.25, 0.3) is 0 Å². The lowest BCUT2D eigenvalue weighted by molar-refractivity contribution is 0.169. The van der Waals surface area contributed by atoms with Gasteiger partial charge < -0.3 is 15.2 Å². The highest BCUT2D eigenvalue weighted by Gasteiger charge is 2.24. The molecule has 2 N–H and O–H groups in total. The molecule has 0 saturated carbocycles. The average Bonchev–Trinajstić information content (AvgIpc) is 2.71. The maximum atomic E-state index is 14.3. The molecule has 0 fully saturated rings. The molecule has 0 saturated heterocycles. The zero-order chi connectivity index (χ0) is 13.6. The molecule has 1 aromatic carbocycles. The second-order valence-corrected chi connectivity index (χ2v) is 4.93. The van der Waals surface area contributed by atoms with E-state index in [1.807, 2.05) is 0 Å². The minimum Gasteiger partial charge on any atom is -0.486 e. The summed E-state index contributed by atoms with van der Waals surface area (Å²) in [6, 6.07) is 1.31. The van der Waals surface area contributed by atoms with Gasteiger partial charge in [0.05, 0.1) is 10.7 Å². The summed E-state index contributed by atoms with van der Waals surface area (Å²) in [5.41, 5.74) is 6.74. The van der Waals surface area contributed by atoms with E-state index >= 15 is 0 Å². The van der Waals surface area contributed by atoms with Crippen molar-refractivity contribution in [2.24, 2.45) is 7.05 Å². The lowest BCUT2D eigenvalue weighted by atomic mass is 10.1. The molecule has 2 aromatic rings. The van der Waals surface area contributed by atoms with Crippen LogP contribution in [0.1, 0.15) is 0 Å². The number of benzene rings is 1. The van der Waals surface area contributed by atoms with Gasteiger partial charge in [0.15, 0.2) is 11.5 Å². The first-order valence-corrected chi connectivity index (χ1v) is 6.44. The Labute approximate surface area is 117 Å². The Morgan fingerprint density at radius 3 is 2.84 bits per heavy atom. The Morgan fingerprint density at radius 2 is 2.16 bits per heavy atom. The molecule has 3 rings (SSSR count). The van der Waals surface area contributed by atoms with Crippen molar-refractivity contribution in [2.75, 3.05) is 18.9 Å². The van der Waals surface area contributed by atoms with E-state index < -0.39 is 5.82 Å². The fraction of sp³-hybridized carbons (Fsp3) is 0.250. The van der Waals surface area contributed by atoms with Gasteiger partial charge in [-0.25, -0.2) is 4.39 Å². The molecule has 0 atom stereocenters. The number of rotatable bonds is 1. The molecule has 5 nitrogen and oxygen atoms in total. The number of hydrogen-bond donors (Lipinski definition) is 1. The van der Waals surface area contributed by atoms with Crippen LogP contribution in [0.4, 0.5) is 10.2 Å². The summed E-state index contributed by atoms with van der Waals surface area (Å²) in [5.74, 6) is 0.833.